The maximum Gasteiger partial charge on any atom is 0.241 e. The number of primary amides is 1. The van der Waals surface area contributed by atoms with Crippen LogP contribution in [0.25, 0.3) is 6.08 Å². The predicted octanol–water partition coefficient (Wildman–Crippen LogP) is -0.266. The topological polar surface area (TPSA) is 43.1 Å². The predicted molar refractivity (Wildman–Crippen MR) is 56.0 cm³/mol. The van der Waals surface area contributed by atoms with Crippen LogP contribution >= 0.6 is 0 Å². The van der Waals surface area contributed by atoms with E-state index in [1.807, 2.05) is 30.3 Å². The molecule has 0 fully saturated rings. The first-order chi connectivity index (χ1) is 5.29. The van der Waals surface area contributed by atoms with E-state index in [2.05, 4.69) is 0 Å². The summed E-state index contributed by atoms with van der Waals surface area (Å²) in [4.78, 5) is 10.3. The quantitative estimate of drug-likeness (QED) is 0.493. The third-order valence-corrected chi connectivity index (χ3v) is 1.24. The van der Waals surface area contributed by atoms with Gasteiger partial charge in [0.15, 0.2) is 0 Å². The summed E-state index contributed by atoms with van der Waals surface area (Å²) in [5.74, 6) is -0.422. The summed E-state index contributed by atoms with van der Waals surface area (Å²) in [7, 11) is 0. The molecule has 1 aromatic carbocycles. The second kappa shape index (κ2) is 5.32. The summed E-state index contributed by atoms with van der Waals surface area (Å²) in [5.41, 5.74) is 5.89. The van der Waals surface area contributed by atoms with Crippen LogP contribution < -0.4 is 5.73 Å². The van der Waals surface area contributed by atoms with Crippen molar-refractivity contribution in [1.82, 2.24) is 0 Å². The normalized spacial score (nSPS) is 9.33. The smallest absolute Gasteiger partial charge is 0.241 e. The first kappa shape index (κ1) is 10.6. The summed E-state index contributed by atoms with van der Waals surface area (Å²) in [6, 6.07) is 9.53. The van der Waals surface area contributed by atoms with Crippen LogP contribution in [-0.2, 0) is 4.79 Å². The number of amides is 1. The lowest BCUT2D eigenvalue weighted by atomic mass is 10.2. The minimum Gasteiger partial charge on any atom is -0.366 e. The summed E-state index contributed by atoms with van der Waals surface area (Å²) < 4.78 is 0. The van der Waals surface area contributed by atoms with Crippen molar-refractivity contribution in [2.24, 2.45) is 5.73 Å². The lowest BCUT2D eigenvalue weighted by Gasteiger charge is -1.88. The van der Waals surface area contributed by atoms with Crippen molar-refractivity contribution in [1.29, 1.82) is 0 Å². The van der Waals surface area contributed by atoms with E-state index in [1.165, 1.54) is 6.08 Å². The number of hydrogen-bond donors (Lipinski definition) is 1. The van der Waals surface area contributed by atoms with Gasteiger partial charge >= 0.3 is 0 Å². The fraction of sp³-hybridized carbons (Fsp3) is 0. The molecular formula is C9H13NOSi. The number of carbonyl (C=O) groups excluding carboxylic acids is 1. The van der Waals surface area contributed by atoms with E-state index in [1.54, 1.807) is 6.08 Å². The standard InChI is InChI=1S/C9H9NO.H4Si/c10-9(11)7-6-8-4-2-1-3-5-8;/h1-7H,(H2,10,11);1H4. The van der Waals surface area contributed by atoms with Gasteiger partial charge in [-0.25, -0.2) is 0 Å². The van der Waals surface area contributed by atoms with Gasteiger partial charge in [0.25, 0.3) is 0 Å². The molecule has 0 saturated heterocycles. The third-order valence-electron chi connectivity index (χ3n) is 1.24. The van der Waals surface area contributed by atoms with E-state index in [4.69, 9.17) is 5.73 Å². The van der Waals surface area contributed by atoms with Gasteiger partial charge in [-0.15, -0.1) is 0 Å². The van der Waals surface area contributed by atoms with Crippen LogP contribution in [-0.4, -0.2) is 16.9 Å². The van der Waals surface area contributed by atoms with Crippen LogP contribution in [0.15, 0.2) is 36.4 Å². The third kappa shape index (κ3) is 3.73. The van der Waals surface area contributed by atoms with Gasteiger partial charge in [0.2, 0.25) is 5.91 Å². The van der Waals surface area contributed by atoms with Crippen molar-refractivity contribution in [3.8, 4) is 0 Å². The van der Waals surface area contributed by atoms with E-state index in [0.29, 0.717) is 0 Å². The number of hydrogen-bond acceptors (Lipinski definition) is 1. The molecule has 0 aliphatic heterocycles. The number of carbonyl (C=O) groups is 1. The fourth-order valence-corrected chi connectivity index (χ4v) is 0.743. The van der Waals surface area contributed by atoms with Crippen molar-refractivity contribution in [2.75, 3.05) is 0 Å². The summed E-state index contributed by atoms with van der Waals surface area (Å²) in [6.07, 6.45) is 3.03. The molecule has 0 bridgehead atoms. The van der Waals surface area contributed by atoms with Gasteiger partial charge in [-0.3, -0.25) is 4.79 Å². The fourth-order valence-electron chi connectivity index (χ4n) is 0.743. The van der Waals surface area contributed by atoms with Gasteiger partial charge in [-0.1, -0.05) is 30.3 Å². The molecule has 1 aromatic rings. The molecule has 3 heteroatoms. The Labute approximate surface area is 76.1 Å². The average molecular weight is 179 g/mol. The monoisotopic (exact) mass is 179 g/mol. The Kier molecular flexibility index (Phi) is 4.72. The molecule has 0 radical (unpaired) electrons. The van der Waals surface area contributed by atoms with E-state index in [9.17, 15) is 4.79 Å². The highest BCUT2D eigenvalue weighted by Gasteiger charge is 1.84. The molecule has 0 saturated carbocycles. The first-order valence-electron chi connectivity index (χ1n) is 3.31. The van der Waals surface area contributed by atoms with Crippen LogP contribution in [0.4, 0.5) is 0 Å². The van der Waals surface area contributed by atoms with Crippen LogP contribution in [0, 0.1) is 0 Å². The Bertz CT molecular complexity index is 269. The van der Waals surface area contributed by atoms with Gasteiger partial charge < -0.3 is 5.73 Å². The number of rotatable bonds is 2. The minimum atomic E-state index is -0.422. The highest BCUT2D eigenvalue weighted by atomic mass is 28.1. The first-order valence-corrected chi connectivity index (χ1v) is 3.31. The zero-order chi connectivity index (χ0) is 8.10. The maximum absolute atomic E-state index is 10.3. The molecule has 0 atom stereocenters. The van der Waals surface area contributed by atoms with Gasteiger partial charge in [0.1, 0.15) is 0 Å². The highest BCUT2D eigenvalue weighted by molar-refractivity contribution is 5.90. The average Bonchev–Trinajstić information content (AvgIpc) is 2.03. The SMILES string of the molecule is NC(=O)C=Cc1ccccc1.[SiH4]. The Morgan fingerprint density at radius 3 is 2.33 bits per heavy atom. The second-order valence-corrected chi connectivity index (χ2v) is 2.15. The maximum atomic E-state index is 10.3. The Balaban J connectivity index is 0.00000121. The van der Waals surface area contributed by atoms with E-state index in [0.717, 1.165) is 5.56 Å². The van der Waals surface area contributed by atoms with Crippen molar-refractivity contribution >= 4 is 22.9 Å². The summed E-state index contributed by atoms with van der Waals surface area (Å²) in [5, 5.41) is 0. The Hall–Kier alpha value is -1.35. The molecule has 1 rings (SSSR count). The molecule has 2 nitrogen and oxygen atoms in total. The Morgan fingerprint density at radius 2 is 1.83 bits per heavy atom. The highest BCUT2D eigenvalue weighted by Crippen LogP contribution is 1.99. The van der Waals surface area contributed by atoms with Gasteiger partial charge in [-0.2, -0.15) is 0 Å². The lowest BCUT2D eigenvalue weighted by Crippen LogP contribution is -2.04. The van der Waals surface area contributed by atoms with Crippen LogP contribution in [0.2, 0.25) is 0 Å². The van der Waals surface area contributed by atoms with Crippen LogP contribution in [0.1, 0.15) is 5.56 Å². The second-order valence-electron chi connectivity index (χ2n) is 2.15. The molecule has 0 aliphatic rings. The zero-order valence-corrected chi connectivity index (χ0v) is 6.03. The number of benzene rings is 1. The molecule has 12 heavy (non-hydrogen) atoms. The number of nitrogens with two attached hydrogens (primary N) is 1. The molecule has 0 unspecified atom stereocenters. The van der Waals surface area contributed by atoms with Gasteiger partial charge in [0.05, 0.1) is 0 Å². The minimum absolute atomic E-state index is 0. The molecule has 0 aliphatic carbocycles. The van der Waals surface area contributed by atoms with E-state index < -0.39 is 5.91 Å². The van der Waals surface area contributed by atoms with Crippen molar-refractivity contribution < 1.29 is 4.79 Å². The summed E-state index contributed by atoms with van der Waals surface area (Å²) >= 11 is 0. The van der Waals surface area contributed by atoms with E-state index in [-0.39, 0.29) is 11.0 Å². The van der Waals surface area contributed by atoms with E-state index >= 15 is 0 Å². The molecule has 1 amide bonds. The lowest BCUT2D eigenvalue weighted by molar-refractivity contribution is -0.113. The molecule has 64 valence electrons. The largest absolute Gasteiger partial charge is 0.366 e. The molecule has 0 aromatic heterocycles. The molecular weight excluding hydrogens is 166 g/mol. The van der Waals surface area contributed by atoms with Gasteiger partial charge in [0, 0.05) is 6.08 Å². The summed E-state index contributed by atoms with van der Waals surface area (Å²) in [6.45, 7) is 0. The Morgan fingerprint density at radius 1 is 1.25 bits per heavy atom. The van der Waals surface area contributed by atoms with Crippen LogP contribution in [0.5, 0.6) is 0 Å². The van der Waals surface area contributed by atoms with Crippen molar-refractivity contribution in [2.45, 2.75) is 0 Å². The molecule has 0 heterocycles. The zero-order valence-electron chi connectivity index (χ0n) is 6.03. The van der Waals surface area contributed by atoms with Gasteiger partial charge in [-0.05, 0) is 22.6 Å². The van der Waals surface area contributed by atoms with Crippen molar-refractivity contribution in [3.05, 3.63) is 42.0 Å². The van der Waals surface area contributed by atoms with Crippen LogP contribution in [0.3, 0.4) is 0 Å². The molecule has 0 spiro atoms. The molecule has 2 N–H and O–H groups in total. The van der Waals surface area contributed by atoms with Crippen molar-refractivity contribution in [3.63, 3.8) is 0 Å².